The van der Waals surface area contributed by atoms with E-state index in [4.69, 9.17) is 4.74 Å². The van der Waals surface area contributed by atoms with Gasteiger partial charge in [-0.3, -0.25) is 4.79 Å². The second-order valence-corrected chi connectivity index (χ2v) is 5.19. The molecule has 0 spiro atoms. The van der Waals surface area contributed by atoms with E-state index in [1.54, 1.807) is 24.3 Å². The number of carbonyl (C=O) groups excluding carboxylic acids is 1. The van der Waals surface area contributed by atoms with Crippen molar-refractivity contribution in [2.75, 3.05) is 5.32 Å². The molecule has 0 heterocycles. The van der Waals surface area contributed by atoms with Gasteiger partial charge in [-0.05, 0) is 30.3 Å². The van der Waals surface area contributed by atoms with Gasteiger partial charge in [0.1, 0.15) is 18.2 Å². The summed E-state index contributed by atoms with van der Waals surface area (Å²) in [6.07, 6.45) is 0. The maximum absolute atomic E-state index is 13.7. The largest absolute Gasteiger partial charge is 0.489 e. The Balaban J connectivity index is 1.76. The molecule has 0 aromatic heterocycles. The van der Waals surface area contributed by atoms with Crippen molar-refractivity contribution in [2.24, 2.45) is 0 Å². The van der Waals surface area contributed by atoms with Gasteiger partial charge in [0.15, 0.2) is 0 Å². The van der Waals surface area contributed by atoms with Crippen molar-refractivity contribution in [1.82, 2.24) is 0 Å². The van der Waals surface area contributed by atoms with E-state index in [0.29, 0.717) is 5.56 Å². The van der Waals surface area contributed by atoms with E-state index in [2.05, 4.69) is 5.32 Å². The molecule has 0 bridgehead atoms. The van der Waals surface area contributed by atoms with Crippen LogP contribution in [0, 0.1) is 5.82 Å². The molecule has 1 amide bonds. The standard InChI is InChI=1S/C20H16FNO2/c21-18-12-6-7-13-19(18)22-20(23)17-11-5-4-8-15(17)14-24-16-9-2-1-3-10-16/h1-13H,14H2,(H,22,23). The molecule has 3 aromatic carbocycles. The first-order chi connectivity index (χ1) is 11.7. The summed E-state index contributed by atoms with van der Waals surface area (Å²) in [5.41, 5.74) is 1.34. The molecule has 3 nitrogen and oxygen atoms in total. The number of carbonyl (C=O) groups is 1. The Hall–Kier alpha value is -3.14. The van der Waals surface area contributed by atoms with Crippen molar-refractivity contribution in [3.63, 3.8) is 0 Å². The molecular formula is C20H16FNO2. The Morgan fingerprint density at radius 2 is 1.54 bits per heavy atom. The third kappa shape index (κ3) is 3.79. The highest BCUT2D eigenvalue weighted by molar-refractivity contribution is 6.05. The van der Waals surface area contributed by atoms with Gasteiger partial charge < -0.3 is 10.1 Å². The summed E-state index contributed by atoms with van der Waals surface area (Å²) in [5.74, 6) is -0.113. The topological polar surface area (TPSA) is 38.3 Å². The molecule has 0 saturated heterocycles. The maximum atomic E-state index is 13.7. The van der Waals surface area contributed by atoms with Gasteiger partial charge >= 0.3 is 0 Å². The molecule has 120 valence electrons. The molecule has 0 aliphatic carbocycles. The molecule has 0 unspecified atom stereocenters. The third-order valence-electron chi connectivity index (χ3n) is 3.52. The minimum atomic E-state index is -0.469. The predicted molar refractivity (Wildman–Crippen MR) is 91.6 cm³/mol. The molecule has 3 aromatic rings. The second kappa shape index (κ2) is 7.42. The Morgan fingerprint density at radius 3 is 2.33 bits per heavy atom. The van der Waals surface area contributed by atoms with Crippen LogP contribution in [0.25, 0.3) is 0 Å². The third-order valence-corrected chi connectivity index (χ3v) is 3.52. The first-order valence-corrected chi connectivity index (χ1v) is 7.55. The van der Waals surface area contributed by atoms with Crippen LogP contribution in [0.5, 0.6) is 5.75 Å². The summed E-state index contributed by atoms with van der Waals surface area (Å²) in [4.78, 5) is 12.5. The van der Waals surface area contributed by atoms with Crippen LogP contribution >= 0.6 is 0 Å². The average Bonchev–Trinajstić information content (AvgIpc) is 2.63. The van der Waals surface area contributed by atoms with E-state index in [9.17, 15) is 9.18 Å². The van der Waals surface area contributed by atoms with E-state index < -0.39 is 5.82 Å². The van der Waals surface area contributed by atoms with Crippen LogP contribution in [0.4, 0.5) is 10.1 Å². The van der Waals surface area contributed by atoms with Gasteiger partial charge in [-0.15, -0.1) is 0 Å². The number of amides is 1. The molecule has 0 aliphatic rings. The van der Waals surface area contributed by atoms with Gasteiger partial charge in [-0.25, -0.2) is 4.39 Å². The Kier molecular flexibility index (Phi) is 4.87. The van der Waals surface area contributed by atoms with Crippen LogP contribution in [-0.4, -0.2) is 5.91 Å². The molecule has 3 rings (SSSR count). The summed E-state index contributed by atoms with van der Waals surface area (Å²) < 4.78 is 19.4. The van der Waals surface area contributed by atoms with Gasteiger partial charge in [0.25, 0.3) is 5.91 Å². The van der Waals surface area contributed by atoms with Gasteiger partial charge in [0, 0.05) is 11.1 Å². The molecule has 0 radical (unpaired) electrons. The van der Waals surface area contributed by atoms with E-state index >= 15 is 0 Å². The maximum Gasteiger partial charge on any atom is 0.256 e. The molecule has 24 heavy (non-hydrogen) atoms. The fourth-order valence-corrected chi connectivity index (χ4v) is 2.30. The van der Waals surface area contributed by atoms with Crippen LogP contribution in [0.2, 0.25) is 0 Å². The highest BCUT2D eigenvalue weighted by atomic mass is 19.1. The Bertz CT molecular complexity index is 834. The normalized spacial score (nSPS) is 10.2. The summed E-state index contributed by atoms with van der Waals surface area (Å²) in [6, 6.07) is 22.6. The van der Waals surface area contributed by atoms with Crippen LogP contribution < -0.4 is 10.1 Å². The molecule has 4 heteroatoms. The van der Waals surface area contributed by atoms with Crippen molar-refractivity contribution in [3.8, 4) is 5.75 Å². The number of rotatable bonds is 5. The van der Waals surface area contributed by atoms with E-state index in [0.717, 1.165) is 11.3 Å². The molecule has 0 saturated carbocycles. The number of anilines is 1. The SMILES string of the molecule is O=C(Nc1ccccc1F)c1ccccc1COc1ccccc1. The number of hydrogen-bond acceptors (Lipinski definition) is 2. The molecular weight excluding hydrogens is 305 g/mol. The lowest BCUT2D eigenvalue weighted by molar-refractivity contribution is 0.102. The fourth-order valence-electron chi connectivity index (χ4n) is 2.30. The molecule has 0 atom stereocenters. The van der Waals surface area contributed by atoms with Crippen LogP contribution in [0.15, 0.2) is 78.9 Å². The highest BCUT2D eigenvalue weighted by Crippen LogP contribution is 2.18. The smallest absolute Gasteiger partial charge is 0.256 e. The summed E-state index contributed by atoms with van der Waals surface area (Å²) >= 11 is 0. The number of para-hydroxylation sites is 2. The number of nitrogens with one attached hydrogen (secondary N) is 1. The average molecular weight is 321 g/mol. The molecule has 0 aliphatic heterocycles. The van der Waals surface area contributed by atoms with Crippen molar-refractivity contribution in [3.05, 3.63) is 95.8 Å². The Morgan fingerprint density at radius 1 is 0.875 bits per heavy atom. The minimum absolute atomic E-state index is 0.154. The summed E-state index contributed by atoms with van der Waals surface area (Å²) in [5, 5.41) is 2.60. The van der Waals surface area contributed by atoms with Gasteiger partial charge in [-0.1, -0.05) is 48.5 Å². The van der Waals surface area contributed by atoms with E-state index in [1.165, 1.54) is 12.1 Å². The first kappa shape index (κ1) is 15.7. The number of ether oxygens (including phenoxy) is 1. The lowest BCUT2D eigenvalue weighted by Gasteiger charge is -2.12. The quantitative estimate of drug-likeness (QED) is 0.742. The van der Waals surface area contributed by atoms with Crippen molar-refractivity contribution in [2.45, 2.75) is 6.61 Å². The van der Waals surface area contributed by atoms with Crippen molar-refractivity contribution < 1.29 is 13.9 Å². The number of halogens is 1. The zero-order chi connectivity index (χ0) is 16.8. The monoisotopic (exact) mass is 321 g/mol. The summed E-state index contributed by atoms with van der Waals surface area (Å²) in [6.45, 7) is 0.255. The fraction of sp³-hybridized carbons (Fsp3) is 0.0500. The minimum Gasteiger partial charge on any atom is -0.489 e. The number of hydrogen-bond donors (Lipinski definition) is 1. The van der Waals surface area contributed by atoms with Gasteiger partial charge in [0.2, 0.25) is 0 Å². The van der Waals surface area contributed by atoms with E-state index in [1.807, 2.05) is 42.5 Å². The molecule has 1 N–H and O–H groups in total. The predicted octanol–water partition coefficient (Wildman–Crippen LogP) is 4.66. The van der Waals surface area contributed by atoms with Crippen LogP contribution in [0.3, 0.4) is 0 Å². The first-order valence-electron chi connectivity index (χ1n) is 7.55. The summed E-state index contributed by atoms with van der Waals surface area (Å²) in [7, 11) is 0. The lowest BCUT2D eigenvalue weighted by atomic mass is 10.1. The lowest BCUT2D eigenvalue weighted by Crippen LogP contribution is -2.16. The van der Waals surface area contributed by atoms with Crippen molar-refractivity contribution >= 4 is 11.6 Å². The molecule has 0 fully saturated rings. The highest BCUT2D eigenvalue weighted by Gasteiger charge is 2.13. The number of benzene rings is 3. The van der Waals surface area contributed by atoms with E-state index in [-0.39, 0.29) is 18.2 Å². The zero-order valence-corrected chi connectivity index (χ0v) is 12.9. The van der Waals surface area contributed by atoms with Crippen LogP contribution in [0.1, 0.15) is 15.9 Å². The zero-order valence-electron chi connectivity index (χ0n) is 12.9. The van der Waals surface area contributed by atoms with Crippen molar-refractivity contribution in [1.29, 1.82) is 0 Å². The Labute approximate surface area is 139 Å². The van der Waals surface area contributed by atoms with Crippen LogP contribution in [-0.2, 0) is 6.61 Å². The second-order valence-electron chi connectivity index (χ2n) is 5.19. The van der Waals surface area contributed by atoms with Gasteiger partial charge in [-0.2, -0.15) is 0 Å². The van der Waals surface area contributed by atoms with Gasteiger partial charge in [0.05, 0.1) is 5.69 Å².